The van der Waals surface area contributed by atoms with E-state index in [0.29, 0.717) is 0 Å². The van der Waals surface area contributed by atoms with Crippen LogP contribution in [0.15, 0.2) is 36.4 Å². The number of ketones is 1. The molecule has 23 heavy (non-hydrogen) atoms. The SMILES string of the molecule is O=C(c1ccc(F)cc1)c1cc(Cl)c(Cl)cc1CS(=O)(=O)[O-].[Na+]. The topological polar surface area (TPSA) is 74.3 Å². The van der Waals surface area contributed by atoms with Crippen molar-refractivity contribution in [2.24, 2.45) is 0 Å². The summed E-state index contributed by atoms with van der Waals surface area (Å²) in [7, 11) is -4.62. The van der Waals surface area contributed by atoms with E-state index in [2.05, 4.69) is 0 Å². The van der Waals surface area contributed by atoms with Crippen molar-refractivity contribution in [1.82, 2.24) is 0 Å². The van der Waals surface area contributed by atoms with Crippen LogP contribution in [0.3, 0.4) is 0 Å². The minimum Gasteiger partial charge on any atom is -0.748 e. The van der Waals surface area contributed by atoms with Crippen LogP contribution in [0, 0.1) is 5.82 Å². The van der Waals surface area contributed by atoms with Gasteiger partial charge in [-0.3, -0.25) is 4.79 Å². The van der Waals surface area contributed by atoms with Gasteiger partial charge in [-0.15, -0.1) is 0 Å². The Hall–Kier alpha value is -0.470. The van der Waals surface area contributed by atoms with E-state index >= 15 is 0 Å². The van der Waals surface area contributed by atoms with Crippen LogP contribution in [0.4, 0.5) is 4.39 Å². The summed E-state index contributed by atoms with van der Waals surface area (Å²) in [6, 6.07) is 7.03. The summed E-state index contributed by atoms with van der Waals surface area (Å²) in [5.41, 5.74) is 0.00324. The zero-order valence-corrected chi connectivity index (χ0v) is 16.2. The molecule has 0 unspecified atom stereocenters. The number of hydrogen-bond donors (Lipinski definition) is 0. The Morgan fingerprint density at radius 1 is 1.09 bits per heavy atom. The average Bonchev–Trinajstić information content (AvgIpc) is 2.41. The standard InChI is InChI=1S/C14H9Cl2FO4S.Na/c15-12-5-9(7-22(19,20)21)11(6-13(12)16)14(18)8-1-3-10(17)4-2-8;/h1-6H,7H2,(H,19,20,21);/q;+1/p-1. The smallest absolute Gasteiger partial charge is 0.748 e. The van der Waals surface area contributed by atoms with E-state index in [1.807, 2.05) is 0 Å². The molecule has 2 aromatic rings. The summed E-state index contributed by atoms with van der Waals surface area (Å²) in [4.78, 5) is 12.4. The maximum Gasteiger partial charge on any atom is 1.00 e. The molecular formula is C14H8Cl2FNaO4S. The van der Waals surface area contributed by atoms with Gasteiger partial charge in [0.15, 0.2) is 5.78 Å². The maximum absolute atomic E-state index is 12.9. The molecule has 0 amide bonds. The molecule has 4 nitrogen and oxygen atoms in total. The van der Waals surface area contributed by atoms with Crippen LogP contribution in [0.5, 0.6) is 0 Å². The van der Waals surface area contributed by atoms with Crippen LogP contribution in [0.2, 0.25) is 10.0 Å². The molecule has 0 aliphatic heterocycles. The Labute approximate surface area is 164 Å². The van der Waals surface area contributed by atoms with Gasteiger partial charge in [0.2, 0.25) is 0 Å². The Morgan fingerprint density at radius 3 is 2.13 bits per heavy atom. The molecule has 0 radical (unpaired) electrons. The summed E-state index contributed by atoms with van der Waals surface area (Å²) in [6.45, 7) is 0. The van der Waals surface area contributed by atoms with Crippen LogP contribution in [-0.2, 0) is 15.9 Å². The fourth-order valence-electron chi connectivity index (χ4n) is 1.87. The predicted octanol–water partition coefficient (Wildman–Crippen LogP) is 0.413. The van der Waals surface area contributed by atoms with Crippen LogP contribution in [0.25, 0.3) is 0 Å². The first kappa shape index (κ1) is 20.6. The molecule has 0 bridgehead atoms. The Balaban J connectivity index is 0.00000264. The van der Waals surface area contributed by atoms with Crippen molar-refractivity contribution in [1.29, 1.82) is 0 Å². The molecule has 0 aliphatic carbocycles. The van der Waals surface area contributed by atoms with Crippen LogP contribution in [0.1, 0.15) is 21.5 Å². The summed E-state index contributed by atoms with van der Waals surface area (Å²) >= 11 is 11.6. The fraction of sp³-hybridized carbons (Fsp3) is 0.0714. The van der Waals surface area contributed by atoms with Gasteiger partial charge >= 0.3 is 29.6 Å². The van der Waals surface area contributed by atoms with Crippen LogP contribution < -0.4 is 29.6 Å². The quantitative estimate of drug-likeness (QED) is 0.434. The van der Waals surface area contributed by atoms with Crippen molar-refractivity contribution in [3.05, 3.63) is 69.0 Å². The molecule has 0 saturated heterocycles. The van der Waals surface area contributed by atoms with Gasteiger partial charge < -0.3 is 4.55 Å². The molecule has 0 N–H and O–H groups in total. The Kier molecular flexibility index (Phi) is 7.22. The van der Waals surface area contributed by atoms with E-state index in [0.717, 1.165) is 18.2 Å². The van der Waals surface area contributed by atoms with Gasteiger partial charge in [0.05, 0.1) is 25.9 Å². The van der Waals surface area contributed by atoms with Crippen molar-refractivity contribution in [3.8, 4) is 0 Å². The minimum absolute atomic E-state index is 0. The summed E-state index contributed by atoms with van der Waals surface area (Å²) < 4.78 is 45.8. The fourth-order valence-corrected chi connectivity index (χ4v) is 2.84. The van der Waals surface area contributed by atoms with Crippen LogP contribution >= 0.6 is 23.2 Å². The summed E-state index contributed by atoms with van der Waals surface area (Å²) in [5.74, 6) is -2.00. The van der Waals surface area contributed by atoms with E-state index < -0.39 is 27.5 Å². The first-order chi connectivity index (χ1) is 10.2. The third kappa shape index (κ3) is 5.53. The molecular weight excluding hydrogens is 377 g/mol. The number of hydrogen-bond acceptors (Lipinski definition) is 4. The Bertz CT molecular complexity index is 839. The third-order valence-corrected chi connectivity index (χ3v) is 4.22. The predicted molar refractivity (Wildman–Crippen MR) is 79.7 cm³/mol. The molecule has 0 fully saturated rings. The molecule has 0 saturated carbocycles. The van der Waals surface area contributed by atoms with E-state index in [1.165, 1.54) is 18.2 Å². The average molecular weight is 385 g/mol. The zero-order chi connectivity index (χ0) is 16.5. The van der Waals surface area contributed by atoms with Gasteiger partial charge in [0.1, 0.15) is 5.82 Å². The zero-order valence-electron chi connectivity index (χ0n) is 11.8. The van der Waals surface area contributed by atoms with Crippen molar-refractivity contribution in [2.45, 2.75) is 5.75 Å². The summed E-state index contributed by atoms with van der Waals surface area (Å²) in [5, 5.41) is 0.0650. The van der Waals surface area contributed by atoms with Gasteiger partial charge in [0.25, 0.3) is 0 Å². The second kappa shape index (κ2) is 8.07. The van der Waals surface area contributed by atoms with E-state index in [9.17, 15) is 22.2 Å². The van der Waals surface area contributed by atoms with Crippen molar-refractivity contribution in [2.75, 3.05) is 0 Å². The molecule has 9 heteroatoms. The molecule has 0 atom stereocenters. The van der Waals surface area contributed by atoms with E-state index in [4.69, 9.17) is 23.2 Å². The van der Waals surface area contributed by atoms with Gasteiger partial charge in [-0.2, -0.15) is 0 Å². The number of rotatable bonds is 4. The van der Waals surface area contributed by atoms with Gasteiger partial charge in [-0.1, -0.05) is 23.2 Å². The molecule has 2 aromatic carbocycles. The molecule has 2 rings (SSSR count). The van der Waals surface area contributed by atoms with E-state index in [1.54, 1.807) is 0 Å². The van der Waals surface area contributed by atoms with Crippen LogP contribution in [-0.4, -0.2) is 18.8 Å². The summed E-state index contributed by atoms with van der Waals surface area (Å²) in [6.07, 6.45) is 0. The first-order valence-corrected chi connectivity index (χ1v) is 8.22. The monoisotopic (exact) mass is 384 g/mol. The minimum atomic E-state index is -4.62. The number of halogens is 3. The number of carbonyl (C=O) groups is 1. The largest absolute Gasteiger partial charge is 1.00 e. The van der Waals surface area contributed by atoms with Crippen molar-refractivity contribution in [3.63, 3.8) is 0 Å². The third-order valence-electron chi connectivity index (χ3n) is 2.83. The Morgan fingerprint density at radius 2 is 1.61 bits per heavy atom. The maximum atomic E-state index is 12.9. The molecule has 0 heterocycles. The molecule has 0 aromatic heterocycles. The normalized spacial score (nSPS) is 11.0. The number of carbonyl (C=O) groups excluding carboxylic acids is 1. The first-order valence-electron chi connectivity index (χ1n) is 5.89. The van der Waals surface area contributed by atoms with Gasteiger partial charge in [0, 0.05) is 11.1 Å². The molecule has 0 spiro atoms. The van der Waals surface area contributed by atoms with Gasteiger partial charge in [-0.25, -0.2) is 12.8 Å². The van der Waals surface area contributed by atoms with E-state index in [-0.39, 0.29) is 56.3 Å². The molecule has 0 aliphatic rings. The second-order valence-corrected chi connectivity index (χ2v) is 6.68. The molecule has 116 valence electrons. The van der Waals surface area contributed by atoms with Crippen molar-refractivity contribution >= 4 is 39.1 Å². The second-order valence-electron chi connectivity index (χ2n) is 4.46. The van der Waals surface area contributed by atoms with Gasteiger partial charge in [-0.05, 0) is 42.0 Å². The van der Waals surface area contributed by atoms with Crippen molar-refractivity contribution < 1.29 is 51.7 Å². The number of benzene rings is 2.